The van der Waals surface area contributed by atoms with Crippen LogP contribution in [0, 0.1) is 11.6 Å². The molecule has 0 spiro atoms. The highest BCUT2D eigenvalue weighted by atomic mass is 32.2. The summed E-state index contributed by atoms with van der Waals surface area (Å²) in [5.74, 6) is -2.10. The Morgan fingerprint density at radius 2 is 1.54 bits per heavy atom. The molecular formula is C25H21F5N2O4S. The number of ether oxygens (including phenoxy) is 1. The minimum absolute atomic E-state index is 0.0266. The maximum Gasteiger partial charge on any atom is 0.419 e. The molecule has 1 amide bonds. The molecule has 0 saturated carbocycles. The summed E-state index contributed by atoms with van der Waals surface area (Å²) < 4.78 is 95.7. The van der Waals surface area contributed by atoms with E-state index in [2.05, 4.69) is 0 Å². The fourth-order valence-corrected chi connectivity index (χ4v) is 4.54. The van der Waals surface area contributed by atoms with Gasteiger partial charge < -0.3 is 14.5 Å². The van der Waals surface area contributed by atoms with E-state index in [0.29, 0.717) is 6.07 Å². The zero-order chi connectivity index (χ0) is 27.0. The monoisotopic (exact) mass is 540 g/mol. The molecule has 6 nitrogen and oxygen atoms in total. The molecule has 12 heteroatoms. The number of benzene rings is 3. The molecule has 1 aliphatic rings. The molecule has 1 heterocycles. The zero-order valence-corrected chi connectivity index (χ0v) is 20.2. The molecule has 0 N–H and O–H groups in total. The van der Waals surface area contributed by atoms with Crippen molar-refractivity contribution in [2.24, 2.45) is 0 Å². The molecule has 0 atom stereocenters. The van der Waals surface area contributed by atoms with Gasteiger partial charge in [0.15, 0.2) is 9.84 Å². The van der Waals surface area contributed by atoms with Crippen molar-refractivity contribution in [3.8, 4) is 11.5 Å². The summed E-state index contributed by atoms with van der Waals surface area (Å²) in [6.45, 7) is 0.689. The van der Waals surface area contributed by atoms with Gasteiger partial charge in [0.05, 0.1) is 16.0 Å². The van der Waals surface area contributed by atoms with Crippen molar-refractivity contribution in [3.05, 3.63) is 83.4 Å². The van der Waals surface area contributed by atoms with Gasteiger partial charge in [0.1, 0.15) is 23.1 Å². The first kappa shape index (κ1) is 26.4. The van der Waals surface area contributed by atoms with Gasteiger partial charge in [-0.2, -0.15) is 13.2 Å². The molecule has 37 heavy (non-hydrogen) atoms. The summed E-state index contributed by atoms with van der Waals surface area (Å²) in [4.78, 5) is 16.4. The molecule has 0 aliphatic carbocycles. The number of sulfone groups is 1. The molecule has 0 radical (unpaired) electrons. The normalized spacial score (nSPS) is 14.5. The minimum Gasteiger partial charge on any atom is -0.457 e. The van der Waals surface area contributed by atoms with Crippen LogP contribution in [0.3, 0.4) is 0 Å². The molecule has 196 valence electrons. The third-order valence-corrected chi connectivity index (χ3v) is 6.95. The molecular weight excluding hydrogens is 519 g/mol. The van der Waals surface area contributed by atoms with E-state index < -0.39 is 39.1 Å². The summed E-state index contributed by atoms with van der Waals surface area (Å²) in [7, 11) is -3.65. The van der Waals surface area contributed by atoms with Gasteiger partial charge in [0.2, 0.25) is 0 Å². The van der Waals surface area contributed by atoms with Crippen LogP contribution in [0.2, 0.25) is 0 Å². The van der Waals surface area contributed by atoms with Crippen molar-refractivity contribution in [2.75, 3.05) is 37.3 Å². The second-order valence-electron chi connectivity index (χ2n) is 8.43. The van der Waals surface area contributed by atoms with Crippen molar-refractivity contribution in [1.29, 1.82) is 0 Å². The van der Waals surface area contributed by atoms with Gasteiger partial charge in [-0.25, -0.2) is 17.2 Å². The Morgan fingerprint density at radius 1 is 0.892 bits per heavy atom. The molecule has 1 aliphatic heterocycles. The van der Waals surface area contributed by atoms with Crippen LogP contribution in [-0.2, 0) is 16.0 Å². The van der Waals surface area contributed by atoms with Gasteiger partial charge in [-0.15, -0.1) is 0 Å². The Morgan fingerprint density at radius 3 is 2.11 bits per heavy atom. The van der Waals surface area contributed by atoms with Gasteiger partial charge in [0.25, 0.3) is 5.91 Å². The maximum absolute atomic E-state index is 14.0. The number of carbonyl (C=O) groups is 1. The summed E-state index contributed by atoms with van der Waals surface area (Å²) >= 11 is 0. The smallest absolute Gasteiger partial charge is 0.419 e. The van der Waals surface area contributed by atoms with Crippen molar-refractivity contribution < 1.29 is 39.9 Å². The van der Waals surface area contributed by atoms with Gasteiger partial charge in [-0.3, -0.25) is 4.79 Å². The van der Waals surface area contributed by atoms with Crippen molar-refractivity contribution >= 4 is 21.4 Å². The predicted octanol–water partition coefficient (Wildman–Crippen LogP) is 5.14. The Hall–Kier alpha value is -3.67. The molecule has 1 fully saturated rings. The lowest BCUT2D eigenvalue weighted by molar-refractivity contribution is -0.139. The van der Waals surface area contributed by atoms with Gasteiger partial charge in [0, 0.05) is 38.1 Å². The summed E-state index contributed by atoms with van der Waals surface area (Å²) in [6.07, 6.45) is -3.80. The third kappa shape index (κ3) is 6.01. The Bertz CT molecular complexity index is 1420. The van der Waals surface area contributed by atoms with Crippen LogP contribution < -0.4 is 9.64 Å². The number of nitrogens with zero attached hydrogens (tertiary/aromatic N) is 2. The van der Waals surface area contributed by atoms with E-state index in [1.165, 1.54) is 53.4 Å². The quantitative estimate of drug-likeness (QED) is 0.420. The molecule has 3 aromatic carbocycles. The number of amides is 1. The molecule has 0 bridgehead atoms. The number of halogens is 5. The van der Waals surface area contributed by atoms with E-state index in [4.69, 9.17) is 4.74 Å². The van der Waals surface area contributed by atoms with Gasteiger partial charge in [-0.05, 0) is 60.7 Å². The van der Waals surface area contributed by atoms with E-state index in [1.54, 1.807) is 4.90 Å². The maximum atomic E-state index is 14.0. The lowest BCUT2D eigenvalue weighted by Gasteiger charge is -2.36. The zero-order valence-electron chi connectivity index (χ0n) is 19.4. The molecule has 0 aromatic heterocycles. The lowest BCUT2D eigenvalue weighted by atomic mass is 10.1. The average Bonchev–Trinajstić information content (AvgIpc) is 2.84. The number of piperazine rings is 1. The van der Waals surface area contributed by atoms with Crippen molar-refractivity contribution in [1.82, 2.24) is 4.90 Å². The first-order valence-corrected chi connectivity index (χ1v) is 12.9. The second-order valence-corrected chi connectivity index (χ2v) is 10.4. The number of carbonyl (C=O) groups excluding carboxylic acids is 1. The van der Waals surface area contributed by atoms with E-state index in [9.17, 15) is 35.2 Å². The average molecular weight is 541 g/mol. The van der Waals surface area contributed by atoms with Crippen LogP contribution in [0.1, 0.15) is 15.9 Å². The highest BCUT2D eigenvalue weighted by molar-refractivity contribution is 7.90. The number of hydrogen-bond acceptors (Lipinski definition) is 5. The van der Waals surface area contributed by atoms with Crippen LogP contribution in [0.5, 0.6) is 11.5 Å². The number of hydrogen-bond donors (Lipinski definition) is 0. The van der Waals surface area contributed by atoms with Crippen LogP contribution >= 0.6 is 0 Å². The van der Waals surface area contributed by atoms with Crippen LogP contribution in [-0.4, -0.2) is 51.7 Å². The predicted molar refractivity (Wildman–Crippen MR) is 126 cm³/mol. The van der Waals surface area contributed by atoms with Crippen molar-refractivity contribution in [3.63, 3.8) is 0 Å². The summed E-state index contributed by atoms with van der Waals surface area (Å²) in [5, 5.41) is 0. The highest BCUT2D eigenvalue weighted by Gasteiger charge is 2.34. The van der Waals surface area contributed by atoms with Crippen molar-refractivity contribution in [2.45, 2.75) is 11.1 Å². The molecule has 1 saturated heterocycles. The van der Waals surface area contributed by atoms with E-state index in [-0.39, 0.29) is 53.8 Å². The SMILES string of the molecule is CS(=O)(=O)c1ccc(Oc2ccc(F)cc2)c(C(=O)N2CCN(c3ccc(C(F)(F)F)c(F)c3)CC2)c1. The second kappa shape index (κ2) is 10.0. The van der Waals surface area contributed by atoms with Gasteiger partial charge in [-0.1, -0.05) is 0 Å². The van der Waals surface area contributed by atoms with Crippen LogP contribution in [0.4, 0.5) is 27.6 Å². The number of rotatable bonds is 5. The summed E-state index contributed by atoms with van der Waals surface area (Å²) in [6, 6.07) is 11.6. The molecule has 4 rings (SSSR count). The number of anilines is 1. The van der Waals surface area contributed by atoms with E-state index in [0.717, 1.165) is 12.3 Å². The lowest BCUT2D eigenvalue weighted by Crippen LogP contribution is -2.49. The van der Waals surface area contributed by atoms with Crippen LogP contribution in [0.15, 0.2) is 65.6 Å². The van der Waals surface area contributed by atoms with E-state index in [1.807, 2.05) is 0 Å². The molecule has 3 aromatic rings. The largest absolute Gasteiger partial charge is 0.457 e. The first-order chi connectivity index (χ1) is 17.3. The third-order valence-electron chi connectivity index (χ3n) is 5.84. The van der Waals surface area contributed by atoms with Gasteiger partial charge >= 0.3 is 6.18 Å². The number of alkyl halides is 3. The fraction of sp³-hybridized carbons (Fsp3) is 0.240. The standard InChI is InChI=1S/C25H21F5N2O4S/c1-37(34,35)19-7-9-23(36-18-5-2-16(26)3-6-18)20(15-19)24(33)32-12-10-31(11-13-32)17-4-8-21(22(27)14-17)25(28,29)30/h2-9,14-15H,10-13H2,1H3. The minimum atomic E-state index is -4.80. The Kier molecular flexibility index (Phi) is 7.13. The summed E-state index contributed by atoms with van der Waals surface area (Å²) in [5.41, 5.74) is -1.14. The van der Waals surface area contributed by atoms with Crippen LogP contribution in [0.25, 0.3) is 0 Å². The first-order valence-electron chi connectivity index (χ1n) is 11.0. The topological polar surface area (TPSA) is 66.9 Å². The van der Waals surface area contributed by atoms with E-state index >= 15 is 0 Å². The Labute approximate surface area is 209 Å². The highest BCUT2D eigenvalue weighted by Crippen LogP contribution is 2.34. The Balaban J connectivity index is 1.55. The molecule has 0 unspecified atom stereocenters. The fourth-order valence-electron chi connectivity index (χ4n) is 3.89.